The quantitative estimate of drug-likeness (QED) is 0.551. The van der Waals surface area contributed by atoms with Gasteiger partial charge >= 0.3 is 5.69 Å². The third-order valence-corrected chi connectivity index (χ3v) is 6.25. The van der Waals surface area contributed by atoms with Crippen molar-refractivity contribution in [2.75, 3.05) is 26.3 Å². The molecule has 0 aliphatic carbocycles. The Kier molecular flexibility index (Phi) is 5.66. The zero-order valence-corrected chi connectivity index (χ0v) is 16.0. The molecule has 144 valence electrons. The summed E-state index contributed by atoms with van der Waals surface area (Å²) in [4.78, 5) is 10.6. The topological polar surface area (TPSA) is 99.0 Å². The number of halogens is 1. The van der Waals surface area contributed by atoms with Crippen LogP contribution in [0.15, 0.2) is 41.3 Å². The van der Waals surface area contributed by atoms with Crippen molar-refractivity contribution in [3.63, 3.8) is 0 Å². The molecule has 27 heavy (non-hydrogen) atoms. The van der Waals surface area contributed by atoms with Crippen molar-refractivity contribution in [3.05, 3.63) is 57.1 Å². The van der Waals surface area contributed by atoms with E-state index in [9.17, 15) is 18.5 Å². The zero-order valence-electron chi connectivity index (χ0n) is 14.4. The Morgan fingerprint density at radius 2 is 1.85 bits per heavy atom. The molecule has 10 heteroatoms. The first-order chi connectivity index (χ1) is 12.8. The molecule has 8 nitrogen and oxygen atoms in total. The number of nitro groups is 1. The van der Waals surface area contributed by atoms with Gasteiger partial charge in [-0.15, -0.1) is 0 Å². The minimum Gasteiger partial charge on any atom is -0.449 e. The second-order valence-electron chi connectivity index (χ2n) is 5.94. The van der Waals surface area contributed by atoms with E-state index in [2.05, 4.69) is 0 Å². The summed E-state index contributed by atoms with van der Waals surface area (Å²) >= 11 is 6.07. The molecular formula is C17H17ClN2O6S. The molecular weight excluding hydrogens is 396 g/mol. The lowest BCUT2D eigenvalue weighted by atomic mass is 10.2. The van der Waals surface area contributed by atoms with Crippen LogP contribution in [-0.4, -0.2) is 43.9 Å². The van der Waals surface area contributed by atoms with Crippen LogP contribution in [0.1, 0.15) is 5.56 Å². The van der Waals surface area contributed by atoms with E-state index >= 15 is 0 Å². The highest BCUT2D eigenvalue weighted by Gasteiger charge is 2.29. The number of ether oxygens (including phenoxy) is 2. The molecule has 0 saturated carbocycles. The van der Waals surface area contributed by atoms with E-state index in [0.29, 0.717) is 5.02 Å². The number of rotatable bonds is 5. The number of morpholine rings is 1. The Morgan fingerprint density at radius 3 is 2.52 bits per heavy atom. The van der Waals surface area contributed by atoms with Gasteiger partial charge < -0.3 is 9.47 Å². The van der Waals surface area contributed by atoms with Crippen LogP contribution in [0.3, 0.4) is 0 Å². The highest BCUT2D eigenvalue weighted by atomic mass is 35.5. The lowest BCUT2D eigenvalue weighted by Crippen LogP contribution is -2.40. The van der Waals surface area contributed by atoms with E-state index in [-0.39, 0.29) is 42.7 Å². The van der Waals surface area contributed by atoms with Gasteiger partial charge in [0.25, 0.3) is 0 Å². The summed E-state index contributed by atoms with van der Waals surface area (Å²) < 4.78 is 37.4. The van der Waals surface area contributed by atoms with Gasteiger partial charge in [0.05, 0.1) is 28.1 Å². The minimum absolute atomic E-state index is 0.0894. The van der Waals surface area contributed by atoms with E-state index in [1.165, 1.54) is 16.4 Å². The third-order valence-electron chi connectivity index (χ3n) is 4.04. The minimum atomic E-state index is -3.86. The second-order valence-corrected chi connectivity index (χ2v) is 8.28. The van der Waals surface area contributed by atoms with Crippen molar-refractivity contribution in [1.29, 1.82) is 0 Å². The lowest BCUT2D eigenvalue weighted by Gasteiger charge is -2.26. The molecule has 2 aromatic rings. The Bertz CT molecular complexity index is 973. The van der Waals surface area contributed by atoms with E-state index in [1.807, 2.05) is 6.92 Å². The van der Waals surface area contributed by atoms with Crippen LogP contribution in [-0.2, 0) is 14.8 Å². The average Bonchev–Trinajstić information content (AvgIpc) is 2.65. The molecule has 1 aliphatic heterocycles. The Labute approximate surface area is 161 Å². The highest BCUT2D eigenvalue weighted by molar-refractivity contribution is 7.89. The summed E-state index contributed by atoms with van der Waals surface area (Å²) in [6, 6.07) is 8.60. The first kappa shape index (κ1) is 19.6. The molecule has 1 fully saturated rings. The molecule has 3 rings (SSSR count). The Hall–Kier alpha value is -2.20. The van der Waals surface area contributed by atoms with Gasteiger partial charge in [0.15, 0.2) is 0 Å². The fourth-order valence-electron chi connectivity index (χ4n) is 2.63. The third kappa shape index (κ3) is 4.22. The van der Waals surface area contributed by atoms with Crippen molar-refractivity contribution < 1.29 is 22.8 Å². The molecule has 0 N–H and O–H groups in total. The van der Waals surface area contributed by atoms with E-state index in [0.717, 1.165) is 11.6 Å². The van der Waals surface area contributed by atoms with Gasteiger partial charge in [0.2, 0.25) is 15.8 Å². The summed E-state index contributed by atoms with van der Waals surface area (Å²) in [7, 11) is -3.86. The van der Waals surface area contributed by atoms with Crippen LogP contribution in [0.4, 0.5) is 5.69 Å². The molecule has 0 atom stereocenters. The standard InChI is InChI=1S/C17H17ClN2O6S/c1-12-2-4-14(18)17(10-12)26-16-5-3-13(11-15(16)20(21)22)27(23,24)19-6-8-25-9-7-19/h2-5,10-11H,6-9H2,1H3. The molecule has 1 aliphatic rings. The molecule has 0 spiro atoms. The van der Waals surface area contributed by atoms with Crippen molar-refractivity contribution in [3.8, 4) is 11.5 Å². The largest absolute Gasteiger partial charge is 0.449 e. The Morgan fingerprint density at radius 1 is 1.15 bits per heavy atom. The van der Waals surface area contributed by atoms with Crippen LogP contribution < -0.4 is 4.74 Å². The van der Waals surface area contributed by atoms with Crippen molar-refractivity contribution in [2.24, 2.45) is 0 Å². The van der Waals surface area contributed by atoms with Crippen molar-refractivity contribution in [1.82, 2.24) is 4.31 Å². The van der Waals surface area contributed by atoms with Gasteiger partial charge in [-0.25, -0.2) is 8.42 Å². The summed E-state index contributed by atoms with van der Waals surface area (Å²) in [6.45, 7) is 2.80. The SMILES string of the molecule is Cc1ccc(Cl)c(Oc2ccc(S(=O)(=O)N3CCOCC3)cc2[N+](=O)[O-])c1. The number of nitrogens with zero attached hydrogens (tertiary/aromatic N) is 2. The predicted molar refractivity (Wildman–Crippen MR) is 98.9 cm³/mol. The van der Waals surface area contributed by atoms with Crippen molar-refractivity contribution in [2.45, 2.75) is 11.8 Å². The fourth-order valence-corrected chi connectivity index (χ4v) is 4.21. The van der Waals surface area contributed by atoms with Gasteiger partial charge in [-0.3, -0.25) is 10.1 Å². The number of hydrogen-bond acceptors (Lipinski definition) is 6. The number of sulfonamides is 1. The van der Waals surface area contributed by atoms with Gasteiger partial charge in [0, 0.05) is 19.2 Å². The van der Waals surface area contributed by atoms with Gasteiger partial charge in [0.1, 0.15) is 5.75 Å². The number of aryl methyl sites for hydroxylation is 1. The summed E-state index contributed by atoms with van der Waals surface area (Å²) in [6.07, 6.45) is 0. The molecule has 0 radical (unpaired) electrons. The summed E-state index contributed by atoms with van der Waals surface area (Å²) in [5.74, 6) is 0.164. The van der Waals surface area contributed by atoms with Crippen LogP contribution in [0.25, 0.3) is 0 Å². The first-order valence-electron chi connectivity index (χ1n) is 8.09. The molecule has 2 aromatic carbocycles. The lowest BCUT2D eigenvalue weighted by molar-refractivity contribution is -0.385. The van der Waals surface area contributed by atoms with E-state index < -0.39 is 20.6 Å². The molecule has 1 saturated heterocycles. The maximum atomic E-state index is 12.7. The van der Waals surface area contributed by atoms with Gasteiger partial charge in [-0.05, 0) is 36.8 Å². The van der Waals surface area contributed by atoms with Crippen LogP contribution in [0.5, 0.6) is 11.5 Å². The maximum absolute atomic E-state index is 12.7. The number of hydrogen-bond donors (Lipinski definition) is 0. The van der Waals surface area contributed by atoms with Crippen LogP contribution in [0.2, 0.25) is 5.02 Å². The van der Waals surface area contributed by atoms with Crippen LogP contribution >= 0.6 is 11.6 Å². The Balaban J connectivity index is 1.98. The van der Waals surface area contributed by atoms with E-state index in [4.69, 9.17) is 21.1 Å². The van der Waals surface area contributed by atoms with E-state index in [1.54, 1.807) is 18.2 Å². The summed E-state index contributed by atoms with van der Waals surface area (Å²) in [5, 5.41) is 11.8. The second kappa shape index (κ2) is 7.81. The molecule has 0 aromatic heterocycles. The number of benzene rings is 2. The first-order valence-corrected chi connectivity index (χ1v) is 9.91. The maximum Gasteiger partial charge on any atom is 0.312 e. The molecule has 0 bridgehead atoms. The molecule has 0 amide bonds. The molecule has 0 unspecified atom stereocenters. The van der Waals surface area contributed by atoms with Gasteiger partial charge in [-0.1, -0.05) is 17.7 Å². The van der Waals surface area contributed by atoms with Crippen LogP contribution in [0, 0.1) is 17.0 Å². The fraction of sp³-hybridized carbons (Fsp3) is 0.294. The van der Waals surface area contributed by atoms with Crippen molar-refractivity contribution >= 4 is 27.3 Å². The monoisotopic (exact) mass is 412 g/mol. The predicted octanol–water partition coefficient (Wildman–Crippen LogP) is 3.37. The number of nitro benzene ring substituents is 1. The summed E-state index contributed by atoms with van der Waals surface area (Å²) in [5.41, 5.74) is 0.408. The smallest absolute Gasteiger partial charge is 0.312 e. The molecule has 1 heterocycles. The van der Waals surface area contributed by atoms with Gasteiger partial charge in [-0.2, -0.15) is 4.31 Å². The zero-order chi connectivity index (χ0) is 19.6. The highest BCUT2D eigenvalue weighted by Crippen LogP contribution is 2.37. The average molecular weight is 413 g/mol. The normalized spacial score (nSPS) is 15.5.